The van der Waals surface area contributed by atoms with Crippen LogP contribution in [0.5, 0.6) is 0 Å². The molecular formula is C39H47N3O5. The van der Waals surface area contributed by atoms with Crippen LogP contribution in [0.4, 0.5) is 5.69 Å². The van der Waals surface area contributed by atoms with Gasteiger partial charge in [0.2, 0.25) is 11.8 Å². The molecule has 0 aromatic heterocycles. The molecule has 2 aliphatic heterocycles. The summed E-state index contributed by atoms with van der Waals surface area (Å²) in [6, 6.07) is 15.4. The van der Waals surface area contributed by atoms with E-state index in [1.54, 1.807) is 4.90 Å². The summed E-state index contributed by atoms with van der Waals surface area (Å²) in [4.78, 5) is 65.1. The Balaban J connectivity index is 1.15. The maximum atomic E-state index is 13.4. The molecule has 0 saturated heterocycles. The fourth-order valence-electron chi connectivity index (χ4n) is 6.03. The number of imide groups is 1. The van der Waals surface area contributed by atoms with Gasteiger partial charge in [0.25, 0.3) is 11.8 Å². The third-order valence-electron chi connectivity index (χ3n) is 8.98. The lowest BCUT2D eigenvalue weighted by Crippen LogP contribution is -2.33. The van der Waals surface area contributed by atoms with Crippen molar-refractivity contribution in [3.63, 3.8) is 0 Å². The molecule has 0 aliphatic carbocycles. The number of carbonyl (C=O) groups is 5. The van der Waals surface area contributed by atoms with Crippen molar-refractivity contribution in [2.24, 2.45) is 11.3 Å². The molecule has 4 amide bonds. The van der Waals surface area contributed by atoms with Crippen LogP contribution in [-0.2, 0) is 30.5 Å². The molecular weight excluding hydrogens is 590 g/mol. The molecule has 0 bridgehead atoms. The molecule has 8 heteroatoms. The first kappa shape index (κ1) is 35.3. The van der Waals surface area contributed by atoms with Crippen LogP contribution < -0.4 is 10.2 Å². The van der Waals surface area contributed by atoms with Crippen LogP contribution in [0.1, 0.15) is 102 Å². The molecule has 2 aromatic carbocycles. The zero-order valence-electron chi connectivity index (χ0n) is 28.0. The number of ketones is 1. The molecule has 248 valence electrons. The smallest absolute Gasteiger partial charge is 0.253 e. The van der Waals surface area contributed by atoms with Gasteiger partial charge in [-0.15, -0.1) is 0 Å². The van der Waals surface area contributed by atoms with E-state index in [9.17, 15) is 24.0 Å². The fraction of sp³-hybridized carbons (Fsp3) is 0.462. The van der Waals surface area contributed by atoms with E-state index in [1.807, 2.05) is 48.5 Å². The molecule has 8 nitrogen and oxygen atoms in total. The van der Waals surface area contributed by atoms with Gasteiger partial charge in [0, 0.05) is 62.1 Å². The second-order valence-corrected chi connectivity index (χ2v) is 13.5. The monoisotopic (exact) mass is 637 g/mol. The predicted octanol–water partition coefficient (Wildman–Crippen LogP) is 6.11. The van der Waals surface area contributed by atoms with Crippen LogP contribution >= 0.6 is 0 Å². The van der Waals surface area contributed by atoms with E-state index >= 15 is 0 Å². The molecule has 2 heterocycles. The maximum absolute atomic E-state index is 13.4. The van der Waals surface area contributed by atoms with Gasteiger partial charge in [0.15, 0.2) is 0 Å². The number of anilines is 1. The van der Waals surface area contributed by atoms with Crippen molar-refractivity contribution in [1.82, 2.24) is 10.2 Å². The lowest BCUT2D eigenvalue weighted by Gasteiger charge is -2.30. The van der Waals surface area contributed by atoms with Crippen LogP contribution in [0.25, 0.3) is 0 Å². The summed E-state index contributed by atoms with van der Waals surface area (Å²) in [6.45, 7) is 7.83. The highest BCUT2D eigenvalue weighted by molar-refractivity contribution is 6.12. The van der Waals surface area contributed by atoms with Crippen LogP contribution in [0.3, 0.4) is 0 Å². The van der Waals surface area contributed by atoms with Crippen LogP contribution in [0, 0.1) is 23.2 Å². The number of nitrogens with one attached hydrogen (secondary N) is 1. The number of carbonyl (C=O) groups excluding carboxylic acids is 5. The first-order valence-electron chi connectivity index (χ1n) is 16.8. The molecule has 0 saturated carbocycles. The van der Waals surface area contributed by atoms with Gasteiger partial charge in [0.05, 0.1) is 12.2 Å². The standard InChI is InChI=1S/C39H47N3O5/c1-39(2,3)32(27-33(43)17-5-4-12-26-41-36(45)23-24-37(41)46)16-10-11-25-40-35(44)21-22-38(47)42-28-31-15-7-6-13-29(31)19-20-30-14-8-9-18-34(30)42/h6-9,13-15,18,23-24,32H,4-5,10-12,16-17,21-22,25-28H2,1-3H3,(H,40,44)/t32-/m0/s1. The van der Waals surface area contributed by atoms with Crippen molar-refractivity contribution in [1.29, 1.82) is 0 Å². The Hall–Kier alpha value is -4.51. The second kappa shape index (κ2) is 16.9. The van der Waals surface area contributed by atoms with E-state index in [2.05, 4.69) is 37.9 Å². The van der Waals surface area contributed by atoms with Gasteiger partial charge in [-0.05, 0) is 60.8 Å². The molecule has 0 radical (unpaired) electrons. The minimum atomic E-state index is -0.262. The van der Waals surface area contributed by atoms with Gasteiger partial charge in [-0.1, -0.05) is 75.8 Å². The van der Waals surface area contributed by atoms with Crippen molar-refractivity contribution in [2.75, 3.05) is 18.0 Å². The molecule has 2 aromatic rings. The third kappa shape index (κ3) is 10.5. The van der Waals surface area contributed by atoms with Gasteiger partial charge >= 0.3 is 0 Å². The highest BCUT2D eigenvalue weighted by atomic mass is 16.2. The number of nitrogens with zero attached hydrogens (tertiary/aromatic N) is 2. The molecule has 0 fully saturated rings. The Morgan fingerprint density at radius 2 is 1.49 bits per heavy atom. The Labute approximate surface area is 279 Å². The lowest BCUT2D eigenvalue weighted by atomic mass is 9.75. The molecule has 2 aliphatic rings. The summed E-state index contributed by atoms with van der Waals surface area (Å²) in [5, 5.41) is 2.97. The average Bonchev–Trinajstić information content (AvgIpc) is 3.35. The zero-order valence-corrected chi connectivity index (χ0v) is 28.0. The largest absolute Gasteiger partial charge is 0.356 e. The topological polar surface area (TPSA) is 104 Å². The first-order valence-corrected chi connectivity index (χ1v) is 16.8. The zero-order chi connectivity index (χ0) is 33.8. The van der Waals surface area contributed by atoms with Crippen LogP contribution in [0.15, 0.2) is 60.7 Å². The van der Waals surface area contributed by atoms with E-state index in [4.69, 9.17) is 0 Å². The normalized spacial score (nSPS) is 14.4. The number of unbranched alkanes of at least 4 members (excludes halogenated alkanes) is 3. The fourth-order valence-corrected chi connectivity index (χ4v) is 6.03. The minimum Gasteiger partial charge on any atom is -0.356 e. The highest BCUT2D eigenvalue weighted by Gasteiger charge is 2.27. The van der Waals surface area contributed by atoms with Crippen molar-refractivity contribution in [2.45, 2.75) is 91.5 Å². The third-order valence-corrected chi connectivity index (χ3v) is 8.98. The number of hydrogen-bond donors (Lipinski definition) is 1. The van der Waals surface area contributed by atoms with Crippen LogP contribution in [0.2, 0.25) is 0 Å². The van der Waals surface area contributed by atoms with E-state index in [1.165, 1.54) is 17.1 Å². The molecule has 1 N–H and O–H groups in total. The summed E-state index contributed by atoms with van der Waals surface area (Å²) < 4.78 is 0. The Kier molecular flexibility index (Phi) is 12.7. The van der Waals surface area contributed by atoms with Crippen molar-refractivity contribution in [3.8, 4) is 11.8 Å². The van der Waals surface area contributed by atoms with E-state index in [-0.39, 0.29) is 53.6 Å². The molecule has 0 spiro atoms. The van der Waals surface area contributed by atoms with Gasteiger partial charge in [0.1, 0.15) is 5.78 Å². The summed E-state index contributed by atoms with van der Waals surface area (Å²) in [7, 11) is 0. The number of Topliss-reactive ketones (excluding diaryl/α,β-unsaturated/α-hetero) is 1. The Morgan fingerprint density at radius 1 is 0.809 bits per heavy atom. The summed E-state index contributed by atoms with van der Waals surface area (Å²) in [5.41, 5.74) is 3.41. The van der Waals surface area contributed by atoms with Crippen molar-refractivity contribution < 1.29 is 24.0 Å². The van der Waals surface area contributed by atoms with E-state index in [0.717, 1.165) is 54.5 Å². The number of fused-ring (bicyclic) bond motifs is 2. The van der Waals surface area contributed by atoms with Gasteiger partial charge in [-0.25, -0.2) is 0 Å². The SMILES string of the molecule is CC(C)(C)[C@@H](CCCCNC(=O)CCC(=O)N1Cc2ccccc2C#Cc2ccccc21)CC(=O)CCCCCN1C(=O)C=CC1=O. The maximum Gasteiger partial charge on any atom is 0.253 e. The van der Waals surface area contributed by atoms with E-state index < -0.39 is 0 Å². The minimum absolute atomic E-state index is 0.0141. The molecule has 4 rings (SSSR count). The number of rotatable bonds is 16. The Morgan fingerprint density at radius 3 is 2.23 bits per heavy atom. The quantitative estimate of drug-likeness (QED) is 0.136. The number of amides is 4. The molecule has 1 atom stereocenters. The summed E-state index contributed by atoms with van der Waals surface area (Å²) >= 11 is 0. The average molecular weight is 638 g/mol. The van der Waals surface area contributed by atoms with Crippen LogP contribution in [-0.4, -0.2) is 47.4 Å². The van der Waals surface area contributed by atoms with Gasteiger partial charge < -0.3 is 10.2 Å². The molecule has 0 unspecified atom stereocenters. The first-order chi connectivity index (χ1) is 22.5. The highest BCUT2D eigenvalue weighted by Crippen LogP contribution is 2.33. The number of benzene rings is 2. The predicted molar refractivity (Wildman–Crippen MR) is 183 cm³/mol. The number of hydrogen-bond acceptors (Lipinski definition) is 5. The van der Waals surface area contributed by atoms with Crippen molar-refractivity contribution >= 4 is 35.1 Å². The van der Waals surface area contributed by atoms with Gasteiger partial charge in [-0.2, -0.15) is 0 Å². The van der Waals surface area contributed by atoms with Gasteiger partial charge in [-0.3, -0.25) is 28.9 Å². The summed E-state index contributed by atoms with van der Waals surface area (Å²) in [5.74, 6) is 6.13. The Bertz CT molecular complexity index is 1540. The van der Waals surface area contributed by atoms with E-state index in [0.29, 0.717) is 38.9 Å². The van der Waals surface area contributed by atoms with Crippen molar-refractivity contribution in [3.05, 3.63) is 77.4 Å². The number of para-hydroxylation sites is 1. The summed E-state index contributed by atoms with van der Waals surface area (Å²) in [6.07, 6.45) is 8.68. The second-order valence-electron chi connectivity index (χ2n) is 13.5. The molecule has 47 heavy (non-hydrogen) atoms. The lowest BCUT2D eigenvalue weighted by molar-refractivity contribution is -0.137.